The first-order chi connectivity index (χ1) is 9.60. The molecule has 2 rings (SSSR count). The monoisotopic (exact) mass is 275 g/mol. The zero-order chi connectivity index (χ0) is 14.5. The summed E-state index contributed by atoms with van der Waals surface area (Å²) in [5, 5.41) is 11.4. The van der Waals surface area contributed by atoms with Gasteiger partial charge in [0.25, 0.3) is 0 Å². The van der Waals surface area contributed by atoms with E-state index in [0.29, 0.717) is 5.69 Å². The average molecular weight is 275 g/mol. The van der Waals surface area contributed by atoms with Crippen LogP contribution in [0.5, 0.6) is 0 Å². The summed E-state index contributed by atoms with van der Waals surface area (Å²) >= 11 is 0. The van der Waals surface area contributed by atoms with Crippen LogP contribution in [0.15, 0.2) is 30.3 Å². The molecule has 0 aliphatic carbocycles. The van der Waals surface area contributed by atoms with Crippen LogP contribution < -0.4 is 5.32 Å². The predicted octanol–water partition coefficient (Wildman–Crippen LogP) is 1.48. The van der Waals surface area contributed by atoms with Gasteiger partial charge in [0.1, 0.15) is 18.6 Å². The first-order valence-corrected chi connectivity index (χ1v) is 6.28. The molecular formula is C14H14FN3O2. The smallest absolute Gasteiger partial charge is 0.233 e. The molecule has 0 unspecified atom stereocenters. The van der Waals surface area contributed by atoms with Crippen LogP contribution in [0.2, 0.25) is 0 Å². The van der Waals surface area contributed by atoms with Crippen molar-refractivity contribution in [1.82, 2.24) is 4.90 Å². The van der Waals surface area contributed by atoms with Gasteiger partial charge in [-0.25, -0.2) is 4.39 Å². The third kappa shape index (κ3) is 3.32. The van der Waals surface area contributed by atoms with E-state index in [-0.39, 0.29) is 19.4 Å². The van der Waals surface area contributed by atoms with Crippen LogP contribution >= 0.6 is 0 Å². The number of para-hydroxylation sites is 1. The maximum absolute atomic E-state index is 13.2. The van der Waals surface area contributed by atoms with E-state index in [1.807, 2.05) is 12.1 Å². The molecule has 0 saturated carbocycles. The second kappa shape index (κ2) is 6.15. The zero-order valence-electron chi connectivity index (χ0n) is 10.8. The Kier molecular flexibility index (Phi) is 4.31. The first kappa shape index (κ1) is 14.0. The number of carbonyl (C=O) groups is 2. The van der Waals surface area contributed by atoms with Gasteiger partial charge in [0.15, 0.2) is 0 Å². The molecule has 0 spiro atoms. The van der Waals surface area contributed by atoms with E-state index >= 15 is 0 Å². The normalized spacial score (nSPS) is 21.3. The molecule has 0 bridgehead atoms. The summed E-state index contributed by atoms with van der Waals surface area (Å²) in [7, 11) is 0. The molecule has 6 heteroatoms. The molecule has 1 aromatic carbocycles. The van der Waals surface area contributed by atoms with E-state index in [4.69, 9.17) is 5.26 Å². The van der Waals surface area contributed by atoms with Gasteiger partial charge < -0.3 is 10.2 Å². The van der Waals surface area contributed by atoms with E-state index in [2.05, 4.69) is 5.32 Å². The van der Waals surface area contributed by atoms with Crippen molar-refractivity contribution in [2.75, 3.05) is 11.9 Å². The second-order valence-corrected chi connectivity index (χ2v) is 4.61. The molecule has 0 radical (unpaired) electrons. The molecule has 1 fully saturated rings. The fourth-order valence-electron chi connectivity index (χ4n) is 2.15. The largest absolute Gasteiger partial charge is 0.326 e. The molecule has 1 aromatic rings. The molecule has 0 aromatic heterocycles. The SMILES string of the molecule is N#C[C@@H]1C[C@H](F)CN1C(=O)CC(=O)Nc1ccccc1. The minimum atomic E-state index is -1.19. The fourth-order valence-corrected chi connectivity index (χ4v) is 2.15. The summed E-state index contributed by atoms with van der Waals surface area (Å²) in [5.74, 6) is -0.995. The van der Waals surface area contributed by atoms with Crippen LogP contribution in [0.25, 0.3) is 0 Å². The lowest BCUT2D eigenvalue weighted by Crippen LogP contribution is -2.37. The van der Waals surface area contributed by atoms with Crippen LogP contribution in [0.3, 0.4) is 0 Å². The van der Waals surface area contributed by atoms with Crippen molar-refractivity contribution in [2.45, 2.75) is 25.1 Å². The van der Waals surface area contributed by atoms with Crippen LogP contribution in [0.4, 0.5) is 10.1 Å². The molecule has 2 amide bonds. The number of alkyl halides is 1. The van der Waals surface area contributed by atoms with Crippen molar-refractivity contribution in [3.05, 3.63) is 30.3 Å². The third-order valence-electron chi connectivity index (χ3n) is 3.09. The van der Waals surface area contributed by atoms with Crippen molar-refractivity contribution in [1.29, 1.82) is 5.26 Å². The molecular weight excluding hydrogens is 261 g/mol. The number of hydrogen-bond acceptors (Lipinski definition) is 3. The number of nitrogens with zero attached hydrogens (tertiary/aromatic N) is 2. The van der Waals surface area contributed by atoms with Gasteiger partial charge in [-0.3, -0.25) is 9.59 Å². The van der Waals surface area contributed by atoms with Gasteiger partial charge in [-0.2, -0.15) is 5.26 Å². The van der Waals surface area contributed by atoms with E-state index in [1.165, 1.54) is 0 Å². The third-order valence-corrected chi connectivity index (χ3v) is 3.09. The number of benzene rings is 1. The summed E-state index contributed by atoms with van der Waals surface area (Å²) < 4.78 is 13.2. The van der Waals surface area contributed by atoms with Crippen molar-refractivity contribution in [3.8, 4) is 6.07 Å². The summed E-state index contributed by atoms with van der Waals surface area (Å²) in [6.07, 6.45) is -1.57. The Morgan fingerprint density at radius 1 is 1.40 bits per heavy atom. The van der Waals surface area contributed by atoms with Crippen molar-refractivity contribution >= 4 is 17.5 Å². The van der Waals surface area contributed by atoms with Gasteiger partial charge in [-0.1, -0.05) is 18.2 Å². The molecule has 5 nitrogen and oxygen atoms in total. The summed E-state index contributed by atoms with van der Waals surface area (Å²) in [5.41, 5.74) is 0.590. The number of nitrogens with one attached hydrogen (secondary N) is 1. The number of carbonyl (C=O) groups excluding carboxylic acids is 2. The average Bonchev–Trinajstić information content (AvgIpc) is 2.81. The number of likely N-dealkylation sites (tertiary alicyclic amines) is 1. The van der Waals surface area contributed by atoms with Crippen molar-refractivity contribution in [2.24, 2.45) is 0 Å². The highest BCUT2D eigenvalue weighted by Gasteiger charge is 2.35. The Hall–Kier alpha value is -2.42. The molecule has 1 N–H and O–H groups in total. The van der Waals surface area contributed by atoms with Gasteiger partial charge in [0, 0.05) is 12.1 Å². The number of rotatable bonds is 3. The first-order valence-electron chi connectivity index (χ1n) is 6.28. The highest BCUT2D eigenvalue weighted by Crippen LogP contribution is 2.20. The minimum Gasteiger partial charge on any atom is -0.326 e. The summed E-state index contributed by atoms with van der Waals surface area (Å²) in [4.78, 5) is 24.8. The number of halogens is 1. The Bertz CT molecular complexity index is 541. The number of amides is 2. The molecule has 1 heterocycles. The van der Waals surface area contributed by atoms with E-state index in [1.54, 1.807) is 24.3 Å². The van der Waals surface area contributed by atoms with Gasteiger partial charge in [-0.05, 0) is 12.1 Å². The molecule has 1 aliphatic heterocycles. The zero-order valence-corrected chi connectivity index (χ0v) is 10.8. The lowest BCUT2D eigenvalue weighted by atomic mass is 10.2. The molecule has 2 atom stereocenters. The lowest BCUT2D eigenvalue weighted by molar-refractivity contribution is -0.134. The quantitative estimate of drug-likeness (QED) is 0.849. The number of nitriles is 1. The van der Waals surface area contributed by atoms with Crippen LogP contribution in [-0.4, -0.2) is 35.5 Å². The molecule has 20 heavy (non-hydrogen) atoms. The maximum atomic E-state index is 13.2. The Morgan fingerprint density at radius 2 is 2.10 bits per heavy atom. The number of hydrogen-bond donors (Lipinski definition) is 1. The molecule has 1 saturated heterocycles. The standard InChI is InChI=1S/C14H14FN3O2/c15-10-6-12(8-16)18(9-10)14(20)7-13(19)17-11-4-2-1-3-5-11/h1-5,10,12H,6-7,9H2,(H,17,19)/t10-,12-/m0/s1. The van der Waals surface area contributed by atoms with Gasteiger partial charge >= 0.3 is 0 Å². The number of anilines is 1. The van der Waals surface area contributed by atoms with Gasteiger partial charge in [-0.15, -0.1) is 0 Å². The van der Waals surface area contributed by atoms with Crippen LogP contribution in [0.1, 0.15) is 12.8 Å². The predicted molar refractivity (Wildman–Crippen MR) is 70.3 cm³/mol. The van der Waals surface area contributed by atoms with E-state index < -0.39 is 24.0 Å². The lowest BCUT2D eigenvalue weighted by Gasteiger charge is -2.18. The van der Waals surface area contributed by atoms with Crippen molar-refractivity contribution in [3.63, 3.8) is 0 Å². The van der Waals surface area contributed by atoms with Gasteiger partial charge in [0.05, 0.1) is 12.6 Å². The maximum Gasteiger partial charge on any atom is 0.233 e. The minimum absolute atomic E-state index is 0.0164. The van der Waals surface area contributed by atoms with E-state index in [0.717, 1.165) is 4.90 Å². The highest BCUT2D eigenvalue weighted by atomic mass is 19.1. The van der Waals surface area contributed by atoms with Crippen LogP contribution in [0, 0.1) is 11.3 Å². The second-order valence-electron chi connectivity index (χ2n) is 4.61. The molecule has 1 aliphatic rings. The molecule has 104 valence electrons. The fraction of sp³-hybridized carbons (Fsp3) is 0.357. The summed E-state index contributed by atoms with van der Waals surface area (Å²) in [6, 6.07) is 9.84. The Labute approximate surface area is 116 Å². The van der Waals surface area contributed by atoms with Crippen LogP contribution in [-0.2, 0) is 9.59 Å². The van der Waals surface area contributed by atoms with E-state index in [9.17, 15) is 14.0 Å². The summed E-state index contributed by atoms with van der Waals surface area (Å²) in [6.45, 7) is -0.115. The highest BCUT2D eigenvalue weighted by molar-refractivity contribution is 6.03. The van der Waals surface area contributed by atoms with Crippen molar-refractivity contribution < 1.29 is 14.0 Å². The Balaban J connectivity index is 1.91. The Morgan fingerprint density at radius 3 is 2.75 bits per heavy atom. The van der Waals surface area contributed by atoms with Gasteiger partial charge in [0.2, 0.25) is 11.8 Å². The topological polar surface area (TPSA) is 73.2 Å².